The molecule has 0 radical (unpaired) electrons. The third-order valence-electron chi connectivity index (χ3n) is 7.38. The number of hydrogen-bond donors (Lipinski definition) is 0. The lowest BCUT2D eigenvalue weighted by molar-refractivity contribution is 0.669. The van der Waals surface area contributed by atoms with Crippen molar-refractivity contribution in [3.8, 4) is 45.3 Å². The molecule has 0 unspecified atom stereocenters. The molecule has 3 heterocycles. The fourth-order valence-electron chi connectivity index (χ4n) is 5.43. The number of benzene rings is 5. The number of para-hydroxylation sites is 2. The molecule has 3 aromatic heterocycles. The quantitative estimate of drug-likeness (QED) is 0.229. The van der Waals surface area contributed by atoms with Crippen LogP contribution in [0.25, 0.3) is 78.1 Å². The van der Waals surface area contributed by atoms with Crippen molar-refractivity contribution in [2.45, 2.75) is 0 Å². The highest BCUT2D eigenvalue weighted by atomic mass is 16.3. The molecule has 0 aliphatic heterocycles. The maximum absolute atomic E-state index is 6.49. The van der Waals surface area contributed by atoms with Crippen LogP contribution in [0.4, 0.5) is 0 Å². The normalized spacial score (nSPS) is 11.4. The third-order valence-corrected chi connectivity index (χ3v) is 7.38. The first-order chi connectivity index (χ1) is 20.3. The third kappa shape index (κ3) is 4.03. The standard InChI is InChI=1S/C36H22N4O/c1-3-11-23(12-4-1)34-38-35(24-13-5-2-6-14-24)40-36(39-34)30-22-25(26-19-20-37-31-17-9-7-15-27(26)31)21-29-28-16-8-10-18-32(28)41-33(29)30/h1-22H. The predicted octanol–water partition coefficient (Wildman–Crippen LogP) is 8.99. The van der Waals surface area contributed by atoms with Crippen LogP contribution in [0.1, 0.15) is 0 Å². The van der Waals surface area contributed by atoms with Crippen molar-refractivity contribution in [1.29, 1.82) is 0 Å². The molecule has 0 saturated carbocycles. The highest BCUT2D eigenvalue weighted by Crippen LogP contribution is 2.40. The lowest BCUT2D eigenvalue weighted by Gasteiger charge is -2.11. The molecule has 192 valence electrons. The Hall–Kier alpha value is -5.68. The van der Waals surface area contributed by atoms with E-state index in [2.05, 4.69) is 35.3 Å². The molecule has 0 atom stereocenters. The molecule has 41 heavy (non-hydrogen) atoms. The topological polar surface area (TPSA) is 64.7 Å². The molecule has 0 saturated heterocycles. The molecule has 0 bridgehead atoms. The summed E-state index contributed by atoms with van der Waals surface area (Å²) in [4.78, 5) is 19.5. The van der Waals surface area contributed by atoms with E-state index in [0.717, 1.165) is 60.7 Å². The minimum atomic E-state index is 0.557. The van der Waals surface area contributed by atoms with Gasteiger partial charge in [-0.25, -0.2) is 15.0 Å². The van der Waals surface area contributed by atoms with Crippen LogP contribution in [0, 0.1) is 0 Å². The largest absolute Gasteiger partial charge is 0.455 e. The lowest BCUT2D eigenvalue weighted by atomic mass is 9.96. The lowest BCUT2D eigenvalue weighted by Crippen LogP contribution is -2.00. The first kappa shape index (κ1) is 23.2. The van der Waals surface area contributed by atoms with Gasteiger partial charge in [-0.2, -0.15) is 0 Å². The van der Waals surface area contributed by atoms with Crippen LogP contribution in [-0.4, -0.2) is 19.9 Å². The van der Waals surface area contributed by atoms with E-state index in [0.29, 0.717) is 17.5 Å². The molecule has 0 N–H and O–H groups in total. The van der Waals surface area contributed by atoms with Crippen LogP contribution in [0.2, 0.25) is 0 Å². The van der Waals surface area contributed by atoms with Gasteiger partial charge in [0.05, 0.1) is 11.1 Å². The molecule has 0 aliphatic carbocycles. The Morgan fingerprint density at radius 2 is 1.05 bits per heavy atom. The summed E-state index contributed by atoms with van der Waals surface area (Å²) in [6.45, 7) is 0. The van der Waals surface area contributed by atoms with Gasteiger partial charge in [0, 0.05) is 33.5 Å². The van der Waals surface area contributed by atoms with Crippen LogP contribution >= 0.6 is 0 Å². The number of rotatable bonds is 4. The van der Waals surface area contributed by atoms with Crippen molar-refractivity contribution in [3.63, 3.8) is 0 Å². The Kier molecular flexibility index (Phi) is 5.38. The van der Waals surface area contributed by atoms with Crippen LogP contribution < -0.4 is 0 Å². The maximum Gasteiger partial charge on any atom is 0.167 e. The Morgan fingerprint density at radius 1 is 0.439 bits per heavy atom. The van der Waals surface area contributed by atoms with Crippen molar-refractivity contribution in [1.82, 2.24) is 19.9 Å². The van der Waals surface area contributed by atoms with Crippen molar-refractivity contribution >= 4 is 32.8 Å². The van der Waals surface area contributed by atoms with E-state index in [1.807, 2.05) is 103 Å². The zero-order chi connectivity index (χ0) is 27.2. The second kappa shape index (κ2) is 9.50. The number of aromatic nitrogens is 4. The Labute approximate surface area is 235 Å². The molecule has 5 nitrogen and oxygen atoms in total. The fraction of sp³-hybridized carbons (Fsp3) is 0. The Morgan fingerprint density at radius 3 is 1.78 bits per heavy atom. The van der Waals surface area contributed by atoms with Crippen LogP contribution in [-0.2, 0) is 0 Å². The minimum absolute atomic E-state index is 0.557. The predicted molar refractivity (Wildman–Crippen MR) is 164 cm³/mol. The zero-order valence-electron chi connectivity index (χ0n) is 21.9. The second-order valence-corrected chi connectivity index (χ2v) is 9.91. The summed E-state index contributed by atoms with van der Waals surface area (Å²) in [6, 6.07) is 42.7. The Balaban J connectivity index is 1.46. The van der Waals surface area contributed by atoms with E-state index < -0.39 is 0 Å². The molecular formula is C36H22N4O. The molecule has 0 spiro atoms. The van der Waals surface area contributed by atoms with Gasteiger partial charge in [0.2, 0.25) is 0 Å². The number of pyridine rings is 1. The van der Waals surface area contributed by atoms with Gasteiger partial charge in [0.15, 0.2) is 17.5 Å². The van der Waals surface area contributed by atoms with Crippen LogP contribution in [0.3, 0.4) is 0 Å². The highest BCUT2D eigenvalue weighted by molar-refractivity contribution is 6.12. The molecule has 5 heteroatoms. The molecular weight excluding hydrogens is 504 g/mol. The molecule has 0 aliphatic rings. The van der Waals surface area contributed by atoms with Gasteiger partial charge >= 0.3 is 0 Å². The van der Waals surface area contributed by atoms with Crippen LogP contribution in [0.15, 0.2) is 138 Å². The highest BCUT2D eigenvalue weighted by Gasteiger charge is 2.20. The summed E-state index contributed by atoms with van der Waals surface area (Å²) < 4.78 is 6.49. The number of hydrogen-bond acceptors (Lipinski definition) is 5. The first-order valence-electron chi connectivity index (χ1n) is 13.5. The van der Waals surface area contributed by atoms with Gasteiger partial charge < -0.3 is 4.42 Å². The fourth-order valence-corrected chi connectivity index (χ4v) is 5.43. The summed E-state index contributed by atoms with van der Waals surface area (Å²) in [7, 11) is 0. The van der Waals surface area contributed by atoms with E-state index in [-0.39, 0.29) is 0 Å². The van der Waals surface area contributed by atoms with Crippen molar-refractivity contribution in [3.05, 3.63) is 134 Å². The van der Waals surface area contributed by atoms with Gasteiger partial charge in [0.1, 0.15) is 11.2 Å². The van der Waals surface area contributed by atoms with Crippen molar-refractivity contribution in [2.24, 2.45) is 0 Å². The second-order valence-electron chi connectivity index (χ2n) is 9.91. The van der Waals surface area contributed by atoms with E-state index in [1.165, 1.54) is 0 Å². The number of furan rings is 1. The van der Waals surface area contributed by atoms with Crippen molar-refractivity contribution in [2.75, 3.05) is 0 Å². The SMILES string of the molecule is c1ccc(-c2nc(-c3ccccc3)nc(-c3cc(-c4ccnc5ccccc45)cc4c3oc3ccccc34)n2)cc1. The summed E-state index contributed by atoms with van der Waals surface area (Å²) in [5.41, 5.74) is 7.30. The molecule has 5 aromatic carbocycles. The van der Waals surface area contributed by atoms with E-state index in [1.54, 1.807) is 0 Å². The van der Waals surface area contributed by atoms with Gasteiger partial charge in [-0.15, -0.1) is 0 Å². The summed E-state index contributed by atoms with van der Waals surface area (Å²) in [5, 5.41) is 3.14. The van der Waals surface area contributed by atoms with Gasteiger partial charge in [-0.05, 0) is 41.5 Å². The molecule has 8 rings (SSSR count). The molecule has 0 fully saturated rings. The van der Waals surface area contributed by atoms with Gasteiger partial charge in [-0.1, -0.05) is 97.1 Å². The van der Waals surface area contributed by atoms with Gasteiger partial charge in [0.25, 0.3) is 0 Å². The zero-order valence-corrected chi connectivity index (χ0v) is 21.9. The summed E-state index contributed by atoms with van der Waals surface area (Å²) in [6.07, 6.45) is 1.86. The first-order valence-corrected chi connectivity index (χ1v) is 13.5. The summed E-state index contributed by atoms with van der Waals surface area (Å²) >= 11 is 0. The average Bonchev–Trinajstić information content (AvgIpc) is 3.43. The summed E-state index contributed by atoms with van der Waals surface area (Å²) in [5.74, 6) is 1.78. The maximum atomic E-state index is 6.49. The molecule has 8 aromatic rings. The minimum Gasteiger partial charge on any atom is -0.455 e. The smallest absolute Gasteiger partial charge is 0.167 e. The van der Waals surface area contributed by atoms with E-state index in [4.69, 9.17) is 19.4 Å². The van der Waals surface area contributed by atoms with E-state index in [9.17, 15) is 0 Å². The Bertz CT molecular complexity index is 2140. The van der Waals surface area contributed by atoms with E-state index >= 15 is 0 Å². The average molecular weight is 527 g/mol. The number of nitrogens with zero attached hydrogens (tertiary/aromatic N) is 4. The monoisotopic (exact) mass is 526 g/mol. The van der Waals surface area contributed by atoms with Crippen LogP contribution in [0.5, 0.6) is 0 Å². The number of fused-ring (bicyclic) bond motifs is 4. The van der Waals surface area contributed by atoms with Gasteiger partial charge in [-0.3, -0.25) is 4.98 Å². The van der Waals surface area contributed by atoms with Crippen molar-refractivity contribution < 1.29 is 4.42 Å². The molecule has 0 amide bonds.